The molecule has 0 amide bonds. The first-order valence-corrected chi connectivity index (χ1v) is 9.55. The molecule has 6 nitrogen and oxygen atoms in total. The number of methoxy groups -OCH3 is 1. The molecule has 7 heteroatoms. The Morgan fingerprint density at radius 2 is 1.78 bits per heavy atom. The highest BCUT2D eigenvalue weighted by Crippen LogP contribution is 2.38. The van der Waals surface area contributed by atoms with Gasteiger partial charge in [0.15, 0.2) is 5.78 Å². The van der Waals surface area contributed by atoms with Crippen molar-refractivity contribution in [3.63, 3.8) is 0 Å². The molecule has 0 spiro atoms. The summed E-state index contributed by atoms with van der Waals surface area (Å²) < 4.78 is 7.10. The highest BCUT2D eigenvalue weighted by atomic mass is 32.2. The molecule has 1 aliphatic heterocycles. The van der Waals surface area contributed by atoms with Crippen LogP contribution in [-0.4, -0.2) is 33.0 Å². The minimum atomic E-state index is -0.350. The van der Waals surface area contributed by atoms with E-state index in [1.54, 1.807) is 7.11 Å². The number of hydrogen-bond donors (Lipinski definition) is 1. The van der Waals surface area contributed by atoms with Crippen molar-refractivity contribution < 1.29 is 9.53 Å². The second kappa shape index (κ2) is 7.08. The lowest BCUT2D eigenvalue weighted by molar-refractivity contribution is 0.0980. The number of aryl methyl sites for hydroxylation is 2. The SMILES string of the molecule is COc1ccc(C2Nn3c(C)nnc3SC2C(=O)c2ccc(C)cc2)cc1. The summed E-state index contributed by atoms with van der Waals surface area (Å²) >= 11 is 1.44. The summed E-state index contributed by atoms with van der Waals surface area (Å²) in [6, 6.07) is 15.3. The van der Waals surface area contributed by atoms with E-state index in [4.69, 9.17) is 4.74 Å². The van der Waals surface area contributed by atoms with Gasteiger partial charge in [0.2, 0.25) is 5.16 Å². The Labute approximate surface area is 161 Å². The van der Waals surface area contributed by atoms with Gasteiger partial charge >= 0.3 is 0 Å². The number of thioether (sulfide) groups is 1. The van der Waals surface area contributed by atoms with Gasteiger partial charge in [-0.25, -0.2) is 4.68 Å². The van der Waals surface area contributed by atoms with Crippen LogP contribution in [0.5, 0.6) is 5.75 Å². The van der Waals surface area contributed by atoms with Crippen molar-refractivity contribution in [2.24, 2.45) is 0 Å². The summed E-state index contributed by atoms with van der Waals surface area (Å²) in [4.78, 5) is 13.3. The number of ether oxygens (including phenoxy) is 1. The van der Waals surface area contributed by atoms with E-state index in [0.717, 1.165) is 22.7 Å². The third-order valence-electron chi connectivity index (χ3n) is 4.67. The van der Waals surface area contributed by atoms with Gasteiger partial charge in [-0.1, -0.05) is 53.7 Å². The fraction of sp³-hybridized carbons (Fsp3) is 0.250. The first-order valence-electron chi connectivity index (χ1n) is 8.67. The molecule has 0 saturated carbocycles. The molecule has 2 unspecified atom stereocenters. The second-order valence-corrected chi connectivity index (χ2v) is 7.62. The van der Waals surface area contributed by atoms with Crippen molar-refractivity contribution in [3.8, 4) is 5.75 Å². The highest BCUT2D eigenvalue weighted by molar-refractivity contribution is 8.00. The Morgan fingerprint density at radius 3 is 2.44 bits per heavy atom. The zero-order valence-corrected chi connectivity index (χ0v) is 16.2. The Hall–Kier alpha value is -2.80. The molecule has 1 aliphatic rings. The number of rotatable bonds is 4. The maximum Gasteiger partial charge on any atom is 0.210 e. The number of carbonyl (C=O) groups is 1. The van der Waals surface area contributed by atoms with Crippen molar-refractivity contribution in [1.29, 1.82) is 0 Å². The van der Waals surface area contributed by atoms with Crippen LogP contribution >= 0.6 is 11.8 Å². The van der Waals surface area contributed by atoms with Gasteiger partial charge in [0.05, 0.1) is 13.2 Å². The molecular weight excluding hydrogens is 360 g/mol. The van der Waals surface area contributed by atoms with Gasteiger partial charge in [0, 0.05) is 5.56 Å². The molecule has 2 atom stereocenters. The first-order chi connectivity index (χ1) is 13.1. The van der Waals surface area contributed by atoms with Crippen molar-refractivity contribution in [2.45, 2.75) is 30.3 Å². The maximum absolute atomic E-state index is 13.3. The van der Waals surface area contributed by atoms with E-state index in [1.165, 1.54) is 11.8 Å². The number of Topliss-reactive ketones (excluding diaryl/α,β-unsaturated/α-hetero) is 1. The van der Waals surface area contributed by atoms with Gasteiger partial charge in [0.25, 0.3) is 0 Å². The van der Waals surface area contributed by atoms with Crippen molar-refractivity contribution in [1.82, 2.24) is 14.9 Å². The van der Waals surface area contributed by atoms with Gasteiger partial charge in [-0.2, -0.15) is 0 Å². The molecule has 1 aromatic heterocycles. The summed E-state index contributed by atoms with van der Waals surface area (Å²) in [5.74, 6) is 1.61. The average Bonchev–Trinajstić information content (AvgIpc) is 3.07. The van der Waals surface area contributed by atoms with Crippen LogP contribution in [0.15, 0.2) is 53.7 Å². The Kier molecular flexibility index (Phi) is 4.61. The fourth-order valence-corrected chi connectivity index (χ4v) is 4.31. The van der Waals surface area contributed by atoms with Gasteiger partial charge in [-0.3, -0.25) is 4.79 Å². The average molecular weight is 380 g/mol. The van der Waals surface area contributed by atoms with Crippen LogP contribution in [0.3, 0.4) is 0 Å². The zero-order valence-electron chi connectivity index (χ0n) is 15.3. The molecule has 0 saturated heterocycles. The predicted octanol–water partition coefficient (Wildman–Crippen LogP) is 3.55. The summed E-state index contributed by atoms with van der Waals surface area (Å²) in [5.41, 5.74) is 6.25. The van der Waals surface area contributed by atoms with Crippen LogP contribution in [0, 0.1) is 13.8 Å². The largest absolute Gasteiger partial charge is 0.497 e. The molecule has 2 aromatic carbocycles. The van der Waals surface area contributed by atoms with E-state index in [2.05, 4.69) is 15.6 Å². The fourth-order valence-electron chi connectivity index (χ4n) is 3.10. The normalized spacial score (nSPS) is 18.5. The molecule has 3 aromatic rings. The van der Waals surface area contributed by atoms with E-state index in [0.29, 0.717) is 10.7 Å². The molecular formula is C20H20N4O2S. The van der Waals surface area contributed by atoms with E-state index < -0.39 is 0 Å². The number of carbonyl (C=O) groups excluding carboxylic acids is 1. The van der Waals surface area contributed by atoms with E-state index in [9.17, 15) is 4.79 Å². The van der Waals surface area contributed by atoms with Crippen LogP contribution in [0.4, 0.5) is 0 Å². The van der Waals surface area contributed by atoms with Gasteiger partial charge in [0.1, 0.15) is 16.8 Å². The minimum Gasteiger partial charge on any atom is -0.497 e. The lowest BCUT2D eigenvalue weighted by atomic mass is 9.97. The van der Waals surface area contributed by atoms with Crippen LogP contribution in [0.25, 0.3) is 0 Å². The van der Waals surface area contributed by atoms with Gasteiger partial charge < -0.3 is 10.2 Å². The summed E-state index contributed by atoms with van der Waals surface area (Å²) in [6.45, 7) is 3.90. The van der Waals surface area contributed by atoms with Gasteiger partial charge in [-0.05, 0) is 31.5 Å². The molecule has 138 valence electrons. The zero-order chi connectivity index (χ0) is 19.0. The summed E-state index contributed by atoms with van der Waals surface area (Å²) in [5, 5.41) is 8.67. The number of ketones is 1. The minimum absolute atomic E-state index is 0.0696. The maximum atomic E-state index is 13.3. The molecule has 4 rings (SSSR count). The summed E-state index contributed by atoms with van der Waals surface area (Å²) in [6.07, 6.45) is 0. The number of benzene rings is 2. The molecule has 2 heterocycles. The quantitative estimate of drug-likeness (QED) is 0.698. The van der Waals surface area contributed by atoms with E-state index >= 15 is 0 Å². The van der Waals surface area contributed by atoms with E-state index in [-0.39, 0.29) is 17.1 Å². The second-order valence-electron chi connectivity index (χ2n) is 6.51. The number of nitrogens with one attached hydrogen (secondary N) is 1. The molecule has 0 bridgehead atoms. The van der Waals surface area contributed by atoms with Crippen molar-refractivity contribution in [2.75, 3.05) is 12.5 Å². The lowest BCUT2D eigenvalue weighted by Gasteiger charge is -2.32. The molecule has 0 fully saturated rings. The molecule has 0 radical (unpaired) electrons. The first kappa shape index (κ1) is 17.6. The van der Waals surface area contributed by atoms with E-state index in [1.807, 2.05) is 67.1 Å². The predicted molar refractivity (Wildman–Crippen MR) is 105 cm³/mol. The third kappa shape index (κ3) is 3.30. The summed E-state index contributed by atoms with van der Waals surface area (Å²) in [7, 11) is 1.64. The van der Waals surface area contributed by atoms with Crippen LogP contribution in [0.1, 0.15) is 33.4 Å². The molecule has 0 aliphatic carbocycles. The molecule has 27 heavy (non-hydrogen) atoms. The van der Waals surface area contributed by atoms with Crippen molar-refractivity contribution >= 4 is 17.5 Å². The van der Waals surface area contributed by atoms with Crippen LogP contribution < -0.4 is 10.2 Å². The highest BCUT2D eigenvalue weighted by Gasteiger charge is 2.37. The topological polar surface area (TPSA) is 69.0 Å². The number of fused-ring (bicyclic) bond motifs is 1. The smallest absolute Gasteiger partial charge is 0.210 e. The molecule has 1 N–H and O–H groups in total. The van der Waals surface area contributed by atoms with Crippen LogP contribution in [-0.2, 0) is 0 Å². The van der Waals surface area contributed by atoms with Gasteiger partial charge in [-0.15, -0.1) is 10.2 Å². The third-order valence-corrected chi connectivity index (χ3v) is 5.88. The van der Waals surface area contributed by atoms with Crippen LogP contribution in [0.2, 0.25) is 0 Å². The standard InChI is InChI=1S/C20H20N4O2S/c1-12-4-6-15(7-5-12)18(25)19-17(14-8-10-16(26-3)11-9-14)23-24-13(2)21-22-20(24)27-19/h4-11,17,19,23H,1-3H3. The van der Waals surface area contributed by atoms with Crippen molar-refractivity contribution in [3.05, 3.63) is 71.0 Å². The Morgan fingerprint density at radius 1 is 1.07 bits per heavy atom. The Bertz CT molecular complexity index is 967. The number of nitrogens with zero attached hydrogens (tertiary/aromatic N) is 3. The number of hydrogen-bond acceptors (Lipinski definition) is 6. The Balaban J connectivity index is 1.73. The monoisotopic (exact) mass is 380 g/mol. The lowest BCUT2D eigenvalue weighted by Crippen LogP contribution is -2.39. The number of aromatic nitrogens is 3.